The van der Waals surface area contributed by atoms with E-state index in [0.29, 0.717) is 44.9 Å². The highest BCUT2D eigenvalue weighted by Gasteiger charge is 2.64. The molecule has 1 unspecified atom stereocenters. The first-order valence-electron chi connectivity index (χ1n) is 20.6. The van der Waals surface area contributed by atoms with Crippen molar-refractivity contribution in [3.05, 3.63) is 76.1 Å². The van der Waals surface area contributed by atoms with Gasteiger partial charge in [0.2, 0.25) is 11.9 Å². The molecular formula is C44H50ClN9O6. The Morgan fingerprint density at radius 3 is 2.20 bits per heavy atom. The van der Waals surface area contributed by atoms with Crippen LogP contribution in [0.15, 0.2) is 48.8 Å². The number of aromatic nitrogens is 2. The van der Waals surface area contributed by atoms with E-state index in [1.165, 1.54) is 7.05 Å². The summed E-state index contributed by atoms with van der Waals surface area (Å²) in [5.41, 5.74) is 1.46. The van der Waals surface area contributed by atoms with Crippen LogP contribution in [0.25, 0.3) is 0 Å². The third kappa shape index (κ3) is 7.34. The van der Waals surface area contributed by atoms with E-state index in [1.54, 1.807) is 42.7 Å². The Hall–Kier alpha value is -5.59. The average Bonchev–Trinajstić information content (AvgIpc) is 3.49. The highest BCUT2D eigenvalue weighted by molar-refractivity contribution is 6.31. The number of nitrogens with zero attached hydrogens (tertiary/aromatic N) is 8. The number of amides is 5. The molecule has 2 aromatic carbocycles. The van der Waals surface area contributed by atoms with Gasteiger partial charge in [0, 0.05) is 100 Å². The van der Waals surface area contributed by atoms with Crippen molar-refractivity contribution in [1.82, 2.24) is 30.0 Å². The molecule has 1 N–H and O–H groups in total. The van der Waals surface area contributed by atoms with Crippen LogP contribution in [-0.4, -0.2) is 125 Å². The molecule has 4 fully saturated rings. The molecule has 0 bridgehead atoms. The van der Waals surface area contributed by atoms with E-state index in [2.05, 4.69) is 63.7 Å². The van der Waals surface area contributed by atoms with Crippen molar-refractivity contribution in [3.8, 4) is 11.8 Å². The van der Waals surface area contributed by atoms with E-state index in [0.717, 1.165) is 74.1 Å². The molecule has 0 radical (unpaired) electrons. The quantitative estimate of drug-likeness (QED) is 0.302. The van der Waals surface area contributed by atoms with E-state index in [9.17, 15) is 29.2 Å². The van der Waals surface area contributed by atoms with Crippen molar-refractivity contribution in [2.45, 2.75) is 71.6 Å². The zero-order valence-corrected chi connectivity index (χ0v) is 35.4. The van der Waals surface area contributed by atoms with Crippen molar-refractivity contribution < 1.29 is 28.7 Å². The van der Waals surface area contributed by atoms with Crippen molar-refractivity contribution in [1.29, 1.82) is 5.26 Å². The summed E-state index contributed by atoms with van der Waals surface area (Å²) in [5, 5.41) is 12.8. The van der Waals surface area contributed by atoms with Crippen LogP contribution in [0.3, 0.4) is 0 Å². The van der Waals surface area contributed by atoms with Gasteiger partial charge < -0.3 is 19.9 Å². The van der Waals surface area contributed by atoms with Crippen LogP contribution < -0.4 is 19.9 Å². The number of nitriles is 1. The monoisotopic (exact) mass is 835 g/mol. The highest BCUT2D eigenvalue weighted by Crippen LogP contribution is 2.55. The maximum atomic E-state index is 13.4. The molecule has 3 saturated heterocycles. The Bertz CT molecular complexity index is 2260. The van der Waals surface area contributed by atoms with Crippen molar-refractivity contribution in [3.63, 3.8) is 0 Å². The number of ether oxygens (including phenoxy) is 1. The summed E-state index contributed by atoms with van der Waals surface area (Å²) in [6.07, 6.45) is 5.23. The van der Waals surface area contributed by atoms with Crippen LogP contribution in [0.2, 0.25) is 5.02 Å². The zero-order chi connectivity index (χ0) is 42.7. The Morgan fingerprint density at radius 2 is 1.55 bits per heavy atom. The molecule has 8 rings (SSSR count). The lowest BCUT2D eigenvalue weighted by molar-refractivity contribution is -0.164. The van der Waals surface area contributed by atoms with E-state index in [4.69, 9.17) is 16.3 Å². The number of carbonyl (C=O) groups is 5. The number of hydrogen-bond acceptors (Lipinski definition) is 12. The van der Waals surface area contributed by atoms with Gasteiger partial charge in [-0.25, -0.2) is 9.97 Å². The number of fused-ring (bicyclic) bond motifs is 1. The van der Waals surface area contributed by atoms with Crippen LogP contribution in [0.5, 0.6) is 5.75 Å². The topological polar surface area (TPSA) is 172 Å². The predicted octanol–water partition coefficient (Wildman–Crippen LogP) is 4.40. The van der Waals surface area contributed by atoms with Gasteiger partial charge in [-0.15, -0.1) is 0 Å². The minimum absolute atomic E-state index is 0.109. The van der Waals surface area contributed by atoms with Gasteiger partial charge in [-0.3, -0.25) is 38.7 Å². The molecule has 5 amide bonds. The Kier molecular flexibility index (Phi) is 10.8. The molecule has 1 atom stereocenters. The van der Waals surface area contributed by atoms with Gasteiger partial charge in [0.1, 0.15) is 24.0 Å². The lowest BCUT2D eigenvalue weighted by Crippen LogP contribution is -2.74. The molecule has 4 aliphatic heterocycles. The van der Waals surface area contributed by atoms with Gasteiger partial charge in [0.05, 0.1) is 27.3 Å². The Labute approximate surface area is 354 Å². The fourth-order valence-corrected chi connectivity index (χ4v) is 10.4. The maximum Gasteiger partial charge on any atom is 0.262 e. The molecular weight excluding hydrogens is 786 g/mol. The molecule has 5 aliphatic rings. The normalized spacial score (nSPS) is 24.2. The summed E-state index contributed by atoms with van der Waals surface area (Å²) in [6, 6.07) is 11.3. The fraction of sp³-hybridized carbons (Fsp3) is 0.500. The van der Waals surface area contributed by atoms with Crippen LogP contribution in [0.4, 0.5) is 11.6 Å². The summed E-state index contributed by atoms with van der Waals surface area (Å²) in [6.45, 7) is 14.2. The van der Waals surface area contributed by atoms with Crippen molar-refractivity contribution in [2.75, 3.05) is 62.7 Å². The summed E-state index contributed by atoms with van der Waals surface area (Å²) < 4.78 is 6.36. The summed E-state index contributed by atoms with van der Waals surface area (Å²) in [4.78, 5) is 83.0. The molecule has 314 valence electrons. The van der Waals surface area contributed by atoms with Gasteiger partial charge >= 0.3 is 0 Å². The average molecular weight is 836 g/mol. The number of nitrogens with one attached hydrogen (secondary N) is 1. The Morgan fingerprint density at radius 1 is 0.883 bits per heavy atom. The number of piperidine rings is 2. The molecule has 1 aliphatic carbocycles. The second-order valence-electron chi connectivity index (χ2n) is 17.8. The summed E-state index contributed by atoms with van der Waals surface area (Å²) in [7, 11) is 1.39. The lowest BCUT2D eigenvalue weighted by Gasteiger charge is -2.63. The second kappa shape index (κ2) is 15.8. The first-order valence-corrected chi connectivity index (χ1v) is 21.0. The van der Waals surface area contributed by atoms with Crippen LogP contribution in [0.1, 0.15) is 90.0 Å². The van der Waals surface area contributed by atoms with Gasteiger partial charge in [-0.05, 0) is 55.5 Å². The number of anilines is 2. The Balaban J connectivity index is 0.791. The smallest absolute Gasteiger partial charge is 0.262 e. The first-order chi connectivity index (χ1) is 28.6. The summed E-state index contributed by atoms with van der Waals surface area (Å²) in [5.74, 6) is -0.328. The number of piperazine rings is 1. The van der Waals surface area contributed by atoms with Crippen LogP contribution in [-0.2, 0) is 9.59 Å². The molecule has 16 heteroatoms. The number of halogens is 1. The van der Waals surface area contributed by atoms with E-state index < -0.39 is 34.6 Å². The third-order valence-corrected chi connectivity index (χ3v) is 13.6. The number of rotatable bonds is 9. The van der Waals surface area contributed by atoms with Gasteiger partial charge in [-0.1, -0.05) is 39.3 Å². The largest absolute Gasteiger partial charge is 0.489 e. The molecule has 5 heterocycles. The number of likely N-dealkylation sites (tertiary alicyclic amines) is 1. The molecule has 3 aromatic rings. The number of imide groups is 2. The molecule has 1 aromatic heterocycles. The lowest BCUT2D eigenvalue weighted by atomic mass is 9.49. The van der Waals surface area contributed by atoms with E-state index >= 15 is 0 Å². The third-order valence-electron chi connectivity index (χ3n) is 13.3. The summed E-state index contributed by atoms with van der Waals surface area (Å²) >= 11 is 6.24. The van der Waals surface area contributed by atoms with Gasteiger partial charge in [0.15, 0.2) is 0 Å². The standard InChI is InChI=1S/C44H50ClN9O6/c1-43(2)40(44(3,4)41(43)60-30-8-6-27(22-46)33(45)21-30)49-36(56)28-23-47-42(48-24-28)53-14-12-26(13-15-53)25-51-16-18-52(19-17-51)29-7-9-31-32(20-29)38(58)54(37(31)57)34-10-11-35(55)50(5)39(34)59/h6-9,20-21,23-24,26,34,40-41H,10-19,25H2,1-5H3,(H,49,56). The van der Waals surface area contributed by atoms with Gasteiger partial charge in [0.25, 0.3) is 23.6 Å². The van der Waals surface area contributed by atoms with Gasteiger partial charge in [-0.2, -0.15) is 5.26 Å². The first kappa shape index (κ1) is 41.2. The number of likely N-dealkylation sites (N-methyl/N-ethyl adjacent to an activating group) is 1. The maximum absolute atomic E-state index is 13.4. The van der Waals surface area contributed by atoms with Crippen LogP contribution >= 0.6 is 11.6 Å². The van der Waals surface area contributed by atoms with Crippen molar-refractivity contribution in [2.24, 2.45) is 16.7 Å². The molecule has 1 saturated carbocycles. The SMILES string of the molecule is CN1C(=O)CCC(N2C(=O)c3ccc(N4CCN(CC5CCN(c6ncc(C(=O)NC7C(C)(C)C(Oc8ccc(C#N)c(Cl)c8)C7(C)C)cn6)CC5)CC4)cc3C2=O)C1=O. The number of carbonyl (C=O) groups excluding carboxylic acids is 5. The predicted molar refractivity (Wildman–Crippen MR) is 223 cm³/mol. The number of hydrogen-bond donors (Lipinski definition) is 1. The van der Waals surface area contributed by atoms with E-state index in [1.807, 2.05) is 6.07 Å². The van der Waals surface area contributed by atoms with E-state index in [-0.39, 0.29) is 36.8 Å². The molecule has 15 nitrogen and oxygen atoms in total. The minimum atomic E-state index is -0.968. The highest BCUT2D eigenvalue weighted by atomic mass is 35.5. The number of benzene rings is 2. The van der Waals surface area contributed by atoms with Crippen LogP contribution in [0, 0.1) is 28.1 Å². The minimum Gasteiger partial charge on any atom is -0.489 e. The molecule has 60 heavy (non-hydrogen) atoms. The fourth-order valence-electron chi connectivity index (χ4n) is 10.1. The zero-order valence-electron chi connectivity index (χ0n) is 34.6. The second-order valence-corrected chi connectivity index (χ2v) is 18.3. The van der Waals surface area contributed by atoms with Crippen molar-refractivity contribution >= 4 is 52.8 Å². The molecule has 0 spiro atoms.